The first kappa shape index (κ1) is 16.0. The molecule has 1 heterocycles. The molecule has 0 atom stereocenters. The highest BCUT2D eigenvalue weighted by molar-refractivity contribution is 7.92. The zero-order valence-electron chi connectivity index (χ0n) is 12.7. The summed E-state index contributed by atoms with van der Waals surface area (Å²) in [6.07, 6.45) is 1.68. The molecule has 0 amide bonds. The van der Waals surface area contributed by atoms with Crippen LogP contribution >= 0.6 is 0 Å². The van der Waals surface area contributed by atoms with Crippen LogP contribution in [0.4, 0.5) is 0 Å². The fraction of sp³-hybridized carbons (Fsp3) is 1.00. The molecule has 3 nitrogen and oxygen atoms in total. The smallest absolute Gasteiger partial charge is 0.156 e. The molecule has 0 radical (unpaired) electrons. The summed E-state index contributed by atoms with van der Waals surface area (Å²) >= 11 is 0. The molecule has 1 aliphatic rings. The van der Waals surface area contributed by atoms with E-state index in [1.807, 2.05) is 34.6 Å². The van der Waals surface area contributed by atoms with Crippen molar-refractivity contribution in [1.29, 1.82) is 0 Å². The van der Waals surface area contributed by atoms with Crippen LogP contribution in [-0.2, 0) is 14.6 Å². The van der Waals surface area contributed by atoms with Crippen LogP contribution in [0, 0.1) is 10.8 Å². The van der Waals surface area contributed by atoms with Crippen molar-refractivity contribution >= 4 is 9.84 Å². The van der Waals surface area contributed by atoms with Crippen molar-refractivity contribution in [2.45, 2.75) is 59.1 Å². The first-order valence-corrected chi connectivity index (χ1v) is 8.37. The van der Waals surface area contributed by atoms with E-state index in [0.717, 1.165) is 12.8 Å². The molecule has 0 unspecified atom stereocenters. The van der Waals surface area contributed by atoms with Gasteiger partial charge in [-0.25, -0.2) is 8.42 Å². The van der Waals surface area contributed by atoms with Gasteiger partial charge < -0.3 is 4.74 Å². The average Bonchev–Trinajstić information content (AvgIpc) is 2.14. The van der Waals surface area contributed by atoms with Crippen molar-refractivity contribution in [3.63, 3.8) is 0 Å². The van der Waals surface area contributed by atoms with E-state index in [-0.39, 0.29) is 16.6 Å². The molecule has 1 rings (SSSR count). The maximum atomic E-state index is 12.7. The summed E-state index contributed by atoms with van der Waals surface area (Å²) in [4.78, 5) is 0. The number of ether oxygens (including phenoxy) is 1. The highest BCUT2D eigenvalue weighted by Crippen LogP contribution is 2.41. The maximum absolute atomic E-state index is 12.7. The SMILES string of the molecule is CC1(CS(=O)(=O)C(C)(C)C(C)(C)C)CCOCC1. The van der Waals surface area contributed by atoms with E-state index in [9.17, 15) is 8.42 Å². The zero-order chi connectivity index (χ0) is 14.2. The highest BCUT2D eigenvalue weighted by Gasteiger charge is 2.47. The van der Waals surface area contributed by atoms with E-state index in [2.05, 4.69) is 6.92 Å². The van der Waals surface area contributed by atoms with Gasteiger partial charge in [0.1, 0.15) is 0 Å². The molecule has 1 aliphatic heterocycles. The summed E-state index contributed by atoms with van der Waals surface area (Å²) in [5, 5.41) is 0. The molecule has 0 bridgehead atoms. The Morgan fingerprint density at radius 1 is 1.06 bits per heavy atom. The zero-order valence-corrected chi connectivity index (χ0v) is 13.5. The van der Waals surface area contributed by atoms with E-state index in [4.69, 9.17) is 4.74 Å². The van der Waals surface area contributed by atoms with Gasteiger partial charge in [0.25, 0.3) is 0 Å². The minimum atomic E-state index is -3.13. The maximum Gasteiger partial charge on any atom is 0.156 e. The van der Waals surface area contributed by atoms with Crippen molar-refractivity contribution in [2.24, 2.45) is 10.8 Å². The molecule has 18 heavy (non-hydrogen) atoms. The minimum Gasteiger partial charge on any atom is -0.381 e. The second-order valence-electron chi connectivity index (χ2n) is 7.44. The van der Waals surface area contributed by atoms with Gasteiger partial charge in [-0.05, 0) is 37.5 Å². The quantitative estimate of drug-likeness (QED) is 0.795. The van der Waals surface area contributed by atoms with E-state index in [0.29, 0.717) is 13.2 Å². The normalized spacial score (nSPS) is 21.9. The average molecular weight is 276 g/mol. The Hall–Kier alpha value is -0.0900. The Labute approximate surface area is 112 Å². The predicted molar refractivity (Wildman–Crippen MR) is 75.5 cm³/mol. The van der Waals surface area contributed by atoms with Gasteiger partial charge in [0, 0.05) is 13.2 Å². The van der Waals surface area contributed by atoms with Crippen molar-refractivity contribution in [2.75, 3.05) is 19.0 Å². The summed E-state index contributed by atoms with van der Waals surface area (Å²) < 4.78 is 30.1. The topological polar surface area (TPSA) is 43.4 Å². The number of hydrogen-bond acceptors (Lipinski definition) is 3. The van der Waals surface area contributed by atoms with Crippen LogP contribution in [0.5, 0.6) is 0 Å². The molecule has 1 fully saturated rings. The third-order valence-corrected chi connectivity index (χ3v) is 8.07. The fourth-order valence-electron chi connectivity index (χ4n) is 2.11. The molecule has 0 aromatic rings. The van der Waals surface area contributed by atoms with Gasteiger partial charge in [-0.3, -0.25) is 0 Å². The second-order valence-corrected chi connectivity index (χ2v) is 9.98. The third kappa shape index (κ3) is 3.08. The lowest BCUT2D eigenvalue weighted by molar-refractivity contribution is 0.0338. The van der Waals surface area contributed by atoms with Gasteiger partial charge in [-0.15, -0.1) is 0 Å². The highest BCUT2D eigenvalue weighted by atomic mass is 32.2. The van der Waals surface area contributed by atoms with Crippen LogP contribution in [-0.4, -0.2) is 32.1 Å². The lowest BCUT2D eigenvalue weighted by Gasteiger charge is -2.42. The summed E-state index contributed by atoms with van der Waals surface area (Å²) in [7, 11) is -3.13. The van der Waals surface area contributed by atoms with Crippen LogP contribution < -0.4 is 0 Å². The number of sulfone groups is 1. The van der Waals surface area contributed by atoms with E-state index < -0.39 is 14.6 Å². The van der Waals surface area contributed by atoms with Crippen LogP contribution in [0.1, 0.15) is 54.4 Å². The Bertz CT molecular complexity index is 382. The van der Waals surface area contributed by atoms with Crippen LogP contribution in [0.2, 0.25) is 0 Å². The lowest BCUT2D eigenvalue weighted by Crippen LogP contribution is -2.49. The van der Waals surface area contributed by atoms with E-state index in [1.165, 1.54) is 0 Å². The minimum absolute atomic E-state index is 0.125. The summed E-state index contributed by atoms with van der Waals surface area (Å²) in [6.45, 7) is 13.1. The van der Waals surface area contributed by atoms with Gasteiger partial charge >= 0.3 is 0 Å². The molecule has 4 heteroatoms. The van der Waals surface area contributed by atoms with Crippen molar-refractivity contribution < 1.29 is 13.2 Å². The summed E-state index contributed by atoms with van der Waals surface area (Å²) in [5.74, 6) is 0.271. The molecule has 108 valence electrons. The fourth-order valence-corrected chi connectivity index (χ4v) is 4.61. The second kappa shape index (κ2) is 4.78. The number of rotatable bonds is 3. The van der Waals surface area contributed by atoms with Gasteiger partial charge in [-0.1, -0.05) is 27.7 Å². The van der Waals surface area contributed by atoms with Gasteiger partial charge in [-0.2, -0.15) is 0 Å². The van der Waals surface area contributed by atoms with Crippen molar-refractivity contribution in [1.82, 2.24) is 0 Å². The Morgan fingerprint density at radius 2 is 1.50 bits per heavy atom. The predicted octanol–water partition coefficient (Wildman–Crippen LogP) is 3.04. The van der Waals surface area contributed by atoms with Gasteiger partial charge in [0.15, 0.2) is 9.84 Å². The van der Waals surface area contributed by atoms with Gasteiger partial charge in [0.2, 0.25) is 0 Å². The molecular formula is C14H28O3S. The van der Waals surface area contributed by atoms with Crippen molar-refractivity contribution in [3.05, 3.63) is 0 Å². The molecule has 0 saturated carbocycles. The third-order valence-electron chi connectivity index (χ3n) is 4.82. The number of hydrogen-bond donors (Lipinski definition) is 0. The van der Waals surface area contributed by atoms with E-state index >= 15 is 0 Å². The monoisotopic (exact) mass is 276 g/mol. The Morgan fingerprint density at radius 3 is 1.89 bits per heavy atom. The van der Waals surface area contributed by atoms with Crippen LogP contribution in [0.25, 0.3) is 0 Å². The van der Waals surface area contributed by atoms with Crippen LogP contribution in [0.15, 0.2) is 0 Å². The van der Waals surface area contributed by atoms with Crippen molar-refractivity contribution in [3.8, 4) is 0 Å². The standard InChI is InChI=1S/C14H28O3S/c1-12(2,3)13(4,5)18(15,16)11-14(6)7-9-17-10-8-14/h7-11H2,1-6H3. The molecule has 0 aromatic carbocycles. The Balaban J connectivity index is 2.95. The van der Waals surface area contributed by atoms with E-state index in [1.54, 1.807) is 0 Å². The van der Waals surface area contributed by atoms with Crippen LogP contribution in [0.3, 0.4) is 0 Å². The lowest BCUT2D eigenvalue weighted by atomic mass is 9.82. The summed E-state index contributed by atoms with van der Waals surface area (Å²) in [6, 6.07) is 0. The molecule has 0 spiro atoms. The molecule has 0 aliphatic carbocycles. The Kier molecular flexibility index (Phi) is 4.24. The molecular weight excluding hydrogens is 248 g/mol. The largest absolute Gasteiger partial charge is 0.381 e. The first-order valence-electron chi connectivity index (χ1n) is 6.71. The first-order chi connectivity index (χ1) is 7.91. The molecule has 0 N–H and O–H groups in total. The molecule has 0 aromatic heterocycles. The van der Waals surface area contributed by atoms with Gasteiger partial charge in [0.05, 0.1) is 10.5 Å². The molecule has 1 saturated heterocycles. The summed E-state index contributed by atoms with van der Waals surface area (Å²) in [5.41, 5.74) is -0.382.